The monoisotopic (exact) mass is 235 g/mol. The number of aliphatic hydroxyl groups excluding tert-OH is 1. The normalized spacial score (nSPS) is 18.8. The molecule has 0 amide bonds. The number of oxime groups is 1. The van der Waals surface area contributed by atoms with E-state index in [1.807, 2.05) is 18.2 Å². The molecule has 0 fully saturated rings. The number of ether oxygens (including phenoxy) is 1. The molecular weight excluding hydrogens is 218 g/mol. The minimum absolute atomic E-state index is 0.268. The van der Waals surface area contributed by atoms with E-state index in [1.54, 1.807) is 6.92 Å². The van der Waals surface area contributed by atoms with Crippen LogP contribution in [0.5, 0.6) is 5.75 Å². The van der Waals surface area contributed by atoms with Crippen molar-refractivity contribution < 1.29 is 15.1 Å². The van der Waals surface area contributed by atoms with E-state index in [1.165, 1.54) is 5.56 Å². The second-order valence-corrected chi connectivity index (χ2v) is 4.38. The molecule has 0 aliphatic heterocycles. The molecule has 1 aliphatic carbocycles. The molecule has 1 unspecified atom stereocenters. The molecule has 0 radical (unpaired) electrons. The van der Waals surface area contributed by atoms with Gasteiger partial charge in [-0.1, -0.05) is 11.2 Å². The summed E-state index contributed by atoms with van der Waals surface area (Å²) in [5.74, 6) is 0.702. The molecule has 0 bridgehead atoms. The molecule has 2 N–H and O–H groups in total. The Balaban J connectivity index is 2.22. The van der Waals surface area contributed by atoms with Gasteiger partial charge in [0.2, 0.25) is 0 Å². The Bertz CT molecular complexity index is 427. The second-order valence-electron chi connectivity index (χ2n) is 4.38. The fourth-order valence-corrected chi connectivity index (χ4v) is 2.03. The van der Waals surface area contributed by atoms with Gasteiger partial charge in [0.25, 0.3) is 0 Å². The number of aryl methyl sites for hydroxylation is 1. The molecular formula is C13H17NO3. The molecule has 92 valence electrons. The number of benzene rings is 1. The lowest BCUT2D eigenvalue weighted by atomic mass is 9.90. The summed E-state index contributed by atoms with van der Waals surface area (Å²) < 4.78 is 5.44. The quantitative estimate of drug-likeness (QED) is 0.622. The first-order valence-electron chi connectivity index (χ1n) is 5.86. The van der Waals surface area contributed by atoms with Crippen molar-refractivity contribution in [2.45, 2.75) is 32.3 Å². The van der Waals surface area contributed by atoms with E-state index in [0.717, 1.165) is 24.8 Å². The van der Waals surface area contributed by atoms with Crippen LogP contribution in [0.4, 0.5) is 0 Å². The van der Waals surface area contributed by atoms with Crippen LogP contribution in [0.25, 0.3) is 0 Å². The van der Waals surface area contributed by atoms with Gasteiger partial charge in [0.1, 0.15) is 12.4 Å². The van der Waals surface area contributed by atoms with Gasteiger partial charge in [-0.2, -0.15) is 0 Å². The van der Waals surface area contributed by atoms with Gasteiger partial charge in [-0.3, -0.25) is 0 Å². The lowest BCUT2D eigenvalue weighted by Gasteiger charge is -2.18. The van der Waals surface area contributed by atoms with Crippen LogP contribution in [0.3, 0.4) is 0 Å². The third-order valence-electron chi connectivity index (χ3n) is 2.86. The summed E-state index contributed by atoms with van der Waals surface area (Å²) in [5.41, 5.74) is 2.86. The summed E-state index contributed by atoms with van der Waals surface area (Å²) in [6.07, 6.45) is 2.33. The number of hydrogen-bond acceptors (Lipinski definition) is 4. The zero-order chi connectivity index (χ0) is 12.3. The molecule has 4 heteroatoms. The summed E-state index contributed by atoms with van der Waals surface area (Å²) in [6.45, 7) is 1.95. The van der Waals surface area contributed by atoms with Gasteiger partial charge in [-0.25, -0.2) is 0 Å². The van der Waals surface area contributed by atoms with Gasteiger partial charge in [0.05, 0.1) is 11.8 Å². The molecule has 0 saturated carbocycles. The maximum Gasteiger partial charge on any atom is 0.120 e. The molecule has 17 heavy (non-hydrogen) atoms. The molecule has 2 rings (SSSR count). The topological polar surface area (TPSA) is 62.0 Å². The smallest absolute Gasteiger partial charge is 0.120 e. The summed E-state index contributed by atoms with van der Waals surface area (Å²) >= 11 is 0. The zero-order valence-electron chi connectivity index (χ0n) is 9.89. The average molecular weight is 235 g/mol. The lowest BCUT2D eigenvalue weighted by molar-refractivity contribution is 0.122. The summed E-state index contributed by atoms with van der Waals surface area (Å²) in [4.78, 5) is 0. The van der Waals surface area contributed by atoms with Crippen LogP contribution in [0, 0.1) is 0 Å². The first kappa shape index (κ1) is 11.9. The van der Waals surface area contributed by atoms with Gasteiger partial charge >= 0.3 is 0 Å². The van der Waals surface area contributed by atoms with Crippen LogP contribution in [-0.4, -0.2) is 28.7 Å². The number of aliphatic hydroxyl groups is 1. The van der Waals surface area contributed by atoms with Gasteiger partial charge in [0.15, 0.2) is 0 Å². The number of nitrogens with zero attached hydrogens (tertiary/aromatic N) is 1. The highest BCUT2D eigenvalue weighted by atomic mass is 16.5. The standard InChI is InChI=1S/C13H17NO3/c1-9(15)8-17-11-6-5-10-3-2-4-13(14-16)12(10)7-11/h5-7,9,15-16H,2-4,8H2,1H3/b14-13-. The van der Waals surface area contributed by atoms with Crippen LogP contribution in [0.2, 0.25) is 0 Å². The highest BCUT2D eigenvalue weighted by Gasteiger charge is 2.16. The fourth-order valence-electron chi connectivity index (χ4n) is 2.03. The van der Waals surface area contributed by atoms with Gasteiger partial charge < -0.3 is 15.1 Å². The third-order valence-corrected chi connectivity index (χ3v) is 2.86. The second kappa shape index (κ2) is 5.19. The van der Waals surface area contributed by atoms with Crippen LogP contribution < -0.4 is 4.74 Å². The Morgan fingerprint density at radius 1 is 1.41 bits per heavy atom. The van der Waals surface area contributed by atoms with E-state index in [4.69, 9.17) is 15.1 Å². The number of hydrogen-bond donors (Lipinski definition) is 2. The van der Waals surface area contributed by atoms with Crippen molar-refractivity contribution in [3.05, 3.63) is 29.3 Å². The molecule has 1 aliphatic rings. The first-order valence-corrected chi connectivity index (χ1v) is 5.86. The highest BCUT2D eigenvalue weighted by Crippen LogP contribution is 2.26. The van der Waals surface area contributed by atoms with Crippen molar-refractivity contribution in [3.63, 3.8) is 0 Å². The first-order chi connectivity index (χ1) is 8.20. The van der Waals surface area contributed by atoms with E-state index in [0.29, 0.717) is 11.5 Å². The maximum atomic E-state index is 9.16. The molecule has 0 heterocycles. The Labute approximate surface area is 101 Å². The Morgan fingerprint density at radius 3 is 2.94 bits per heavy atom. The Hall–Kier alpha value is -1.55. The molecule has 4 nitrogen and oxygen atoms in total. The molecule has 0 spiro atoms. The summed E-state index contributed by atoms with van der Waals surface area (Å²) in [6, 6.07) is 5.77. The van der Waals surface area contributed by atoms with Crippen molar-refractivity contribution in [3.8, 4) is 5.75 Å². The largest absolute Gasteiger partial charge is 0.491 e. The predicted octanol–water partition coefficient (Wildman–Crippen LogP) is 1.96. The molecule has 1 aromatic rings. The minimum Gasteiger partial charge on any atom is -0.491 e. The molecule has 1 aromatic carbocycles. The highest BCUT2D eigenvalue weighted by molar-refractivity contribution is 6.02. The van der Waals surface area contributed by atoms with Crippen molar-refractivity contribution in [2.75, 3.05) is 6.61 Å². The Kier molecular flexibility index (Phi) is 3.64. The SMILES string of the molecule is CC(O)COc1ccc2c(c1)/C(=N\O)CCC2. The van der Waals surface area contributed by atoms with Crippen molar-refractivity contribution in [1.82, 2.24) is 0 Å². The summed E-state index contributed by atoms with van der Waals surface area (Å²) in [7, 11) is 0. The van der Waals surface area contributed by atoms with E-state index >= 15 is 0 Å². The van der Waals surface area contributed by atoms with Crippen molar-refractivity contribution in [1.29, 1.82) is 0 Å². The number of fused-ring (bicyclic) bond motifs is 1. The predicted molar refractivity (Wildman–Crippen MR) is 64.9 cm³/mol. The zero-order valence-corrected chi connectivity index (χ0v) is 9.89. The molecule has 0 aromatic heterocycles. The van der Waals surface area contributed by atoms with E-state index in [2.05, 4.69) is 5.16 Å². The fraction of sp³-hybridized carbons (Fsp3) is 0.462. The maximum absolute atomic E-state index is 9.16. The third kappa shape index (κ3) is 2.77. The molecule has 1 atom stereocenters. The van der Waals surface area contributed by atoms with E-state index < -0.39 is 6.10 Å². The van der Waals surface area contributed by atoms with Crippen molar-refractivity contribution >= 4 is 5.71 Å². The minimum atomic E-state index is -0.489. The Morgan fingerprint density at radius 2 is 2.24 bits per heavy atom. The van der Waals surface area contributed by atoms with Crippen LogP contribution in [0.15, 0.2) is 23.4 Å². The van der Waals surface area contributed by atoms with Gasteiger partial charge in [0, 0.05) is 5.56 Å². The lowest BCUT2D eigenvalue weighted by Crippen LogP contribution is -2.15. The van der Waals surface area contributed by atoms with Gasteiger partial charge in [-0.05, 0) is 43.9 Å². The molecule has 0 saturated heterocycles. The average Bonchev–Trinajstić information content (AvgIpc) is 2.35. The van der Waals surface area contributed by atoms with Crippen LogP contribution in [-0.2, 0) is 6.42 Å². The van der Waals surface area contributed by atoms with Crippen molar-refractivity contribution in [2.24, 2.45) is 5.16 Å². The van der Waals surface area contributed by atoms with E-state index in [9.17, 15) is 0 Å². The summed E-state index contributed by atoms with van der Waals surface area (Å²) in [5, 5.41) is 21.5. The number of rotatable bonds is 3. The van der Waals surface area contributed by atoms with Gasteiger partial charge in [-0.15, -0.1) is 0 Å². The van der Waals surface area contributed by atoms with Crippen LogP contribution in [0.1, 0.15) is 30.9 Å². The van der Waals surface area contributed by atoms with E-state index in [-0.39, 0.29) is 6.61 Å². The van der Waals surface area contributed by atoms with Crippen LogP contribution >= 0.6 is 0 Å².